The van der Waals surface area contributed by atoms with Crippen LogP contribution in [-0.2, 0) is 0 Å². The SMILES string of the molecule is COc1ccc(-c2cnc(Nc3cnc(N)c(C=N)c3)o2)cc1OC. The molecule has 3 aromatic rings. The highest BCUT2D eigenvalue weighted by Crippen LogP contribution is 2.33. The van der Waals surface area contributed by atoms with E-state index in [1.54, 1.807) is 44.8 Å². The van der Waals surface area contributed by atoms with Crippen LogP contribution in [-0.4, -0.2) is 30.4 Å². The number of nitrogens with one attached hydrogen (secondary N) is 2. The molecule has 4 N–H and O–H groups in total. The van der Waals surface area contributed by atoms with Crippen molar-refractivity contribution in [3.8, 4) is 22.8 Å². The van der Waals surface area contributed by atoms with Crippen LogP contribution in [0.25, 0.3) is 11.3 Å². The Morgan fingerprint density at radius 3 is 2.64 bits per heavy atom. The van der Waals surface area contributed by atoms with Gasteiger partial charge in [-0.1, -0.05) is 0 Å². The monoisotopic (exact) mass is 339 g/mol. The number of nitrogens with zero attached hydrogens (tertiary/aromatic N) is 2. The van der Waals surface area contributed by atoms with E-state index in [0.29, 0.717) is 40.3 Å². The molecule has 0 amide bonds. The van der Waals surface area contributed by atoms with E-state index in [9.17, 15) is 0 Å². The second kappa shape index (κ2) is 6.91. The molecule has 0 aliphatic rings. The zero-order valence-corrected chi connectivity index (χ0v) is 13.7. The molecule has 25 heavy (non-hydrogen) atoms. The van der Waals surface area contributed by atoms with Crippen molar-refractivity contribution in [2.24, 2.45) is 0 Å². The Morgan fingerprint density at radius 1 is 1.12 bits per heavy atom. The van der Waals surface area contributed by atoms with Crippen LogP contribution in [0.3, 0.4) is 0 Å². The van der Waals surface area contributed by atoms with Crippen LogP contribution in [0.15, 0.2) is 41.1 Å². The highest BCUT2D eigenvalue weighted by atomic mass is 16.5. The maximum Gasteiger partial charge on any atom is 0.299 e. The molecule has 3 rings (SSSR count). The van der Waals surface area contributed by atoms with Crippen LogP contribution in [0, 0.1) is 5.41 Å². The van der Waals surface area contributed by atoms with Gasteiger partial charge in [0.2, 0.25) is 0 Å². The number of anilines is 3. The van der Waals surface area contributed by atoms with Crippen LogP contribution in [0.5, 0.6) is 11.5 Å². The Hall–Kier alpha value is -3.55. The molecule has 0 fully saturated rings. The summed E-state index contributed by atoms with van der Waals surface area (Å²) in [5.41, 5.74) is 7.60. The lowest BCUT2D eigenvalue weighted by Gasteiger charge is -2.08. The molecule has 2 heterocycles. The van der Waals surface area contributed by atoms with Crippen molar-refractivity contribution in [1.82, 2.24) is 9.97 Å². The third-order valence-corrected chi connectivity index (χ3v) is 3.53. The van der Waals surface area contributed by atoms with Crippen LogP contribution in [0.2, 0.25) is 0 Å². The van der Waals surface area contributed by atoms with E-state index in [1.807, 2.05) is 6.07 Å². The minimum atomic E-state index is 0.291. The zero-order valence-electron chi connectivity index (χ0n) is 13.7. The Bertz CT molecular complexity index is 907. The van der Waals surface area contributed by atoms with Gasteiger partial charge in [0.05, 0.1) is 32.3 Å². The first-order chi connectivity index (χ1) is 12.1. The average Bonchev–Trinajstić information content (AvgIpc) is 3.11. The van der Waals surface area contributed by atoms with Gasteiger partial charge < -0.3 is 30.4 Å². The fourth-order valence-corrected chi connectivity index (χ4v) is 2.25. The first kappa shape index (κ1) is 16.3. The Labute approximate surface area is 144 Å². The van der Waals surface area contributed by atoms with Gasteiger partial charge in [-0.2, -0.15) is 0 Å². The summed E-state index contributed by atoms with van der Waals surface area (Å²) in [4.78, 5) is 8.21. The van der Waals surface area contributed by atoms with Crippen molar-refractivity contribution < 1.29 is 13.9 Å². The minimum absolute atomic E-state index is 0.291. The normalized spacial score (nSPS) is 10.3. The number of hydrogen-bond donors (Lipinski definition) is 3. The van der Waals surface area contributed by atoms with Crippen molar-refractivity contribution in [3.63, 3.8) is 0 Å². The number of nitrogens with two attached hydrogens (primary N) is 1. The quantitative estimate of drug-likeness (QED) is 0.590. The molecule has 0 bridgehead atoms. The van der Waals surface area contributed by atoms with Crippen molar-refractivity contribution in [2.45, 2.75) is 0 Å². The Morgan fingerprint density at radius 2 is 1.92 bits per heavy atom. The van der Waals surface area contributed by atoms with E-state index in [1.165, 1.54) is 0 Å². The molecular formula is C17H17N5O3. The smallest absolute Gasteiger partial charge is 0.299 e. The number of aromatic nitrogens is 2. The molecule has 0 unspecified atom stereocenters. The largest absolute Gasteiger partial charge is 0.493 e. The minimum Gasteiger partial charge on any atom is -0.493 e. The lowest BCUT2D eigenvalue weighted by atomic mass is 10.1. The summed E-state index contributed by atoms with van der Waals surface area (Å²) in [6.07, 6.45) is 4.28. The number of hydrogen-bond acceptors (Lipinski definition) is 8. The van der Waals surface area contributed by atoms with Gasteiger partial charge in [0, 0.05) is 17.3 Å². The molecule has 0 aliphatic heterocycles. The molecule has 0 aliphatic carbocycles. The van der Waals surface area contributed by atoms with Crippen molar-refractivity contribution in [1.29, 1.82) is 5.41 Å². The summed E-state index contributed by atoms with van der Waals surface area (Å²) in [5, 5.41) is 10.3. The number of rotatable bonds is 6. The van der Waals surface area contributed by atoms with Gasteiger partial charge in [0.1, 0.15) is 5.82 Å². The Kier molecular flexibility index (Phi) is 4.51. The number of pyridine rings is 1. The lowest BCUT2D eigenvalue weighted by Crippen LogP contribution is -1.99. The van der Waals surface area contributed by atoms with Crippen molar-refractivity contribution in [3.05, 3.63) is 42.2 Å². The molecule has 0 saturated carbocycles. The van der Waals surface area contributed by atoms with Crippen molar-refractivity contribution in [2.75, 3.05) is 25.3 Å². The lowest BCUT2D eigenvalue weighted by molar-refractivity contribution is 0.355. The highest BCUT2D eigenvalue weighted by molar-refractivity contribution is 5.85. The van der Waals surface area contributed by atoms with Crippen LogP contribution in [0.1, 0.15) is 5.56 Å². The third kappa shape index (κ3) is 3.37. The number of ether oxygens (including phenoxy) is 2. The molecule has 128 valence electrons. The van der Waals surface area contributed by atoms with E-state index in [-0.39, 0.29) is 0 Å². The Balaban J connectivity index is 1.84. The summed E-state index contributed by atoms with van der Waals surface area (Å²) in [6, 6.07) is 7.44. The second-order valence-corrected chi connectivity index (χ2v) is 5.07. The first-order valence-electron chi connectivity index (χ1n) is 7.36. The number of benzene rings is 1. The fourth-order valence-electron chi connectivity index (χ4n) is 2.25. The maximum absolute atomic E-state index is 7.32. The molecule has 0 saturated heterocycles. The van der Waals surface area contributed by atoms with Gasteiger partial charge >= 0.3 is 0 Å². The number of nitrogen functional groups attached to an aromatic ring is 1. The summed E-state index contributed by atoms with van der Waals surface area (Å²) in [7, 11) is 3.15. The highest BCUT2D eigenvalue weighted by Gasteiger charge is 2.11. The number of methoxy groups -OCH3 is 2. The van der Waals surface area contributed by atoms with Crippen molar-refractivity contribution >= 4 is 23.7 Å². The van der Waals surface area contributed by atoms with Crippen LogP contribution >= 0.6 is 0 Å². The van der Waals surface area contributed by atoms with Gasteiger partial charge in [-0.15, -0.1) is 0 Å². The van der Waals surface area contributed by atoms with Crippen LogP contribution < -0.4 is 20.5 Å². The molecule has 8 heteroatoms. The standard InChI is InChI=1S/C17H17N5O3/c1-23-13-4-3-10(6-14(13)24-2)15-9-21-17(25-15)22-12-5-11(7-18)16(19)20-8-12/h3-9,18H,1-2H3,(H2,19,20)(H,21,22). The summed E-state index contributed by atoms with van der Waals surface area (Å²) < 4.78 is 16.2. The molecule has 2 aromatic heterocycles. The summed E-state index contributed by atoms with van der Waals surface area (Å²) in [6.45, 7) is 0. The fraction of sp³-hybridized carbons (Fsp3) is 0.118. The maximum atomic E-state index is 7.32. The summed E-state index contributed by atoms with van der Waals surface area (Å²) in [5.74, 6) is 2.10. The second-order valence-electron chi connectivity index (χ2n) is 5.07. The molecule has 0 atom stereocenters. The topological polar surface area (TPSA) is 119 Å². The van der Waals surface area contributed by atoms with E-state index < -0.39 is 0 Å². The van der Waals surface area contributed by atoms with Gasteiger partial charge in [-0.3, -0.25) is 0 Å². The van der Waals surface area contributed by atoms with E-state index >= 15 is 0 Å². The van der Waals surface area contributed by atoms with Gasteiger partial charge in [0.15, 0.2) is 17.3 Å². The molecule has 1 aromatic carbocycles. The molecular weight excluding hydrogens is 322 g/mol. The first-order valence-corrected chi connectivity index (χ1v) is 7.36. The van der Waals surface area contributed by atoms with E-state index in [2.05, 4.69) is 15.3 Å². The third-order valence-electron chi connectivity index (χ3n) is 3.53. The van der Waals surface area contributed by atoms with E-state index in [4.69, 9.17) is 25.0 Å². The number of oxazole rings is 1. The average molecular weight is 339 g/mol. The van der Waals surface area contributed by atoms with Gasteiger partial charge in [-0.25, -0.2) is 9.97 Å². The zero-order chi connectivity index (χ0) is 17.8. The predicted molar refractivity (Wildman–Crippen MR) is 94.9 cm³/mol. The van der Waals surface area contributed by atoms with Crippen LogP contribution in [0.4, 0.5) is 17.5 Å². The molecule has 0 radical (unpaired) electrons. The molecule has 0 spiro atoms. The van der Waals surface area contributed by atoms with E-state index in [0.717, 1.165) is 11.8 Å². The van der Waals surface area contributed by atoms with Gasteiger partial charge in [0.25, 0.3) is 6.01 Å². The predicted octanol–water partition coefficient (Wildman–Crippen LogP) is 3.08. The van der Waals surface area contributed by atoms with Gasteiger partial charge in [-0.05, 0) is 24.3 Å². The summed E-state index contributed by atoms with van der Waals surface area (Å²) >= 11 is 0. The molecule has 8 nitrogen and oxygen atoms in total.